The van der Waals surface area contributed by atoms with Crippen molar-refractivity contribution in [3.63, 3.8) is 0 Å². The van der Waals surface area contributed by atoms with Gasteiger partial charge in [0.15, 0.2) is 0 Å². The monoisotopic (exact) mass is 327 g/mol. The van der Waals surface area contributed by atoms with Gasteiger partial charge in [-0.2, -0.15) is 0 Å². The molecular formula is C16H22ClNO4. The van der Waals surface area contributed by atoms with E-state index in [-0.39, 0.29) is 11.3 Å². The van der Waals surface area contributed by atoms with Crippen molar-refractivity contribution in [2.24, 2.45) is 5.92 Å². The molecule has 0 unspecified atom stereocenters. The van der Waals surface area contributed by atoms with Crippen molar-refractivity contribution in [2.75, 3.05) is 19.7 Å². The number of hydrogen-bond donors (Lipinski definition) is 2. The van der Waals surface area contributed by atoms with Gasteiger partial charge in [-0.05, 0) is 23.6 Å². The van der Waals surface area contributed by atoms with Gasteiger partial charge in [0.1, 0.15) is 5.75 Å². The van der Waals surface area contributed by atoms with Crippen molar-refractivity contribution in [3.05, 3.63) is 28.8 Å². The minimum atomic E-state index is -1.93. The summed E-state index contributed by atoms with van der Waals surface area (Å²) in [5.74, 6) is 0.341. The van der Waals surface area contributed by atoms with Crippen molar-refractivity contribution in [1.29, 1.82) is 0 Å². The average Bonchev–Trinajstić information content (AvgIpc) is 2.36. The van der Waals surface area contributed by atoms with E-state index >= 15 is 0 Å². The Morgan fingerprint density at radius 2 is 2.05 bits per heavy atom. The van der Waals surface area contributed by atoms with E-state index in [1.807, 2.05) is 12.1 Å². The Bertz CT molecular complexity index is 548. The van der Waals surface area contributed by atoms with Crippen LogP contribution in [0.1, 0.15) is 26.3 Å². The fourth-order valence-electron chi connectivity index (χ4n) is 2.44. The second-order valence-electron chi connectivity index (χ2n) is 6.68. The first kappa shape index (κ1) is 17.1. The molecule has 1 heterocycles. The van der Waals surface area contributed by atoms with Crippen molar-refractivity contribution in [1.82, 2.24) is 4.90 Å². The van der Waals surface area contributed by atoms with Gasteiger partial charge in [0.2, 0.25) is 6.29 Å². The second kappa shape index (κ2) is 6.44. The molecule has 0 radical (unpaired) electrons. The maximum Gasteiger partial charge on any atom is 0.279 e. The zero-order valence-electron chi connectivity index (χ0n) is 13.0. The summed E-state index contributed by atoms with van der Waals surface area (Å²) in [6, 6.07) is 5.57. The highest BCUT2D eigenvalue weighted by molar-refractivity contribution is 6.30. The summed E-state index contributed by atoms with van der Waals surface area (Å²) < 4.78 is 5.89. The first-order valence-corrected chi connectivity index (χ1v) is 7.64. The molecule has 5 nitrogen and oxygen atoms in total. The van der Waals surface area contributed by atoms with E-state index in [1.165, 1.54) is 4.90 Å². The lowest BCUT2D eigenvalue weighted by Crippen LogP contribution is -2.55. The largest absolute Gasteiger partial charge is 0.493 e. The number of rotatable bonds is 4. The lowest BCUT2D eigenvalue weighted by Gasteiger charge is -2.39. The maximum atomic E-state index is 11.3. The number of carbonyl (C=O) groups excluding carboxylic acids is 1. The Kier molecular flexibility index (Phi) is 5.00. The summed E-state index contributed by atoms with van der Waals surface area (Å²) in [7, 11) is 0. The Labute approximate surface area is 135 Å². The minimum absolute atomic E-state index is 0.0805. The van der Waals surface area contributed by atoms with Crippen molar-refractivity contribution in [2.45, 2.75) is 32.5 Å². The van der Waals surface area contributed by atoms with Gasteiger partial charge in [-0.3, -0.25) is 4.79 Å². The highest BCUT2D eigenvalue weighted by Gasteiger charge is 2.33. The van der Waals surface area contributed by atoms with Crippen LogP contribution >= 0.6 is 11.6 Å². The number of nitrogens with zero attached hydrogens (tertiary/aromatic N) is 1. The number of aliphatic hydroxyl groups is 2. The number of halogens is 1. The van der Waals surface area contributed by atoms with Crippen LogP contribution in [0.4, 0.5) is 0 Å². The molecule has 1 aliphatic heterocycles. The van der Waals surface area contributed by atoms with E-state index in [2.05, 4.69) is 20.8 Å². The SMILES string of the molecule is CC(C)(C)c1cc(Cl)ccc1OCC1CN(C(=O)C(O)O)C1. The number of benzene rings is 1. The summed E-state index contributed by atoms with van der Waals surface area (Å²) in [5.41, 5.74) is 0.959. The van der Waals surface area contributed by atoms with E-state index < -0.39 is 12.2 Å². The number of aliphatic hydroxyl groups excluding tert-OH is 1. The van der Waals surface area contributed by atoms with E-state index in [1.54, 1.807) is 6.07 Å². The zero-order valence-corrected chi connectivity index (χ0v) is 13.8. The molecule has 1 fully saturated rings. The third-order valence-corrected chi connectivity index (χ3v) is 3.95. The van der Waals surface area contributed by atoms with Crippen LogP contribution in [0.25, 0.3) is 0 Å². The van der Waals surface area contributed by atoms with Crippen LogP contribution in [0.5, 0.6) is 5.75 Å². The second-order valence-corrected chi connectivity index (χ2v) is 7.12. The zero-order chi connectivity index (χ0) is 16.5. The molecule has 0 bridgehead atoms. The van der Waals surface area contributed by atoms with Crippen LogP contribution in [0.3, 0.4) is 0 Å². The summed E-state index contributed by atoms with van der Waals surface area (Å²) in [5, 5.41) is 18.3. The Hall–Kier alpha value is -1.30. The lowest BCUT2D eigenvalue weighted by molar-refractivity contribution is -0.166. The topological polar surface area (TPSA) is 70.0 Å². The molecule has 0 aromatic heterocycles. The molecule has 1 amide bonds. The van der Waals surface area contributed by atoms with Crippen LogP contribution in [0, 0.1) is 5.92 Å². The van der Waals surface area contributed by atoms with Gasteiger partial charge in [-0.25, -0.2) is 0 Å². The summed E-state index contributed by atoms with van der Waals surface area (Å²) in [6.07, 6.45) is -1.93. The molecule has 0 saturated carbocycles. The highest BCUT2D eigenvalue weighted by Crippen LogP contribution is 2.34. The molecule has 2 N–H and O–H groups in total. The smallest absolute Gasteiger partial charge is 0.279 e. The summed E-state index contributed by atoms with van der Waals surface area (Å²) >= 11 is 6.06. The maximum absolute atomic E-state index is 11.3. The number of ether oxygens (including phenoxy) is 1. The van der Waals surface area contributed by atoms with E-state index in [4.69, 9.17) is 26.6 Å². The Morgan fingerprint density at radius 3 is 2.59 bits per heavy atom. The normalized spacial score (nSPS) is 15.9. The molecule has 1 aromatic carbocycles. The van der Waals surface area contributed by atoms with Crippen LogP contribution in [-0.2, 0) is 10.2 Å². The molecule has 0 aliphatic carbocycles. The molecule has 6 heteroatoms. The molecule has 2 rings (SSSR count). The van der Waals surface area contributed by atoms with Gasteiger partial charge in [0.05, 0.1) is 6.61 Å². The van der Waals surface area contributed by atoms with Crippen LogP contribution in [0.15, 0.2) is 18.2 Å². The van der Waals surface area contributed by atoms with E-state index in [9.17, 15) is 4.79 Å². The van der Waals surface area contributed by atoms with Gasteiger partial charge >= 0.3 is 0 Å². The molecule has 1 saturated heterocycles. The number of likely N-dealkylation sites (tertiary alicyclic amines) is 1. The molecule has 1 aromatic rings. The van der Waals surface area contributed by atoms with Gasteiger partial charge < -0.3 is 19.8 Å². The predicted molar refractivity (Wildman–Crippen MR) is 83.9 cm³/mol. The molecule has 122 valence electrons. The fourth-order valence-corrected chi connectivity index (χ4v) is 2.61. The third kappa shape index (κ3) is 3.91. The lowest BCUT2D eigenvalue weighted by atomic mass is 9.86. The quantitative estimate of drug-likeness (QED) is 0.827. The average molecular weight is 328 g/mol. The fraction of sp³-hybridized carbons (Fsp3) is 0.562. The van der Waals surface area contributed by atoms with Gasteiger partial charge in [0, 0.05) is 29.6 Å². The Morgan fingerprint density at radius 1 is 1.41 bits per heavy atom. The molecule has 0 atom stereocenters. The molecule has 1 aliphatic rings. The van der Waals surface area contributed by atoms with Crippen molar-refractivity contribution < 1.29 is 19.7 Å². The number of carbonyl (C=O) groups is 1. The van der Waals surface area contributed by atoms with Gasteiger partial charge in [0.25, 0.3) is 5.91 Å². The third-order valence-electron chi connectivity index (χ3n) is 3.71. The number of amides is 1. The highest BCUT2D eigenvalue weighted by atomic mass is 35.5. The first-order valence-electron chi connectivity index (χ1n) is 7.26. The number of hydrogen-bond acceptors (Lipinski definition) is 4. The summed E-state index contributed by atoms with van der Waals surface area (Å²) in [6.45, 7) is 7.73. The molecular weight excluding hydrogens is 306 g/mol. The Balaban J connectivity index is 1.93. The predicted octanol–water partition coefficient (Wildman–Crippen LogP) is 1.79. The minimum Gasteiger partial charge on any atom is -0.493 e. The standard InChI is InChI=1S/C16H22ClNO4/c1-16(2,3)12-6-11(17)4-5-13(12)22-9-10-7-18(8-10)14(19)15(20)21/h4-6,10,15,20-21H,7-9H2,1-3H3. The van der Waals surface area contributed by atoms with Crippen molar-refractivity contribution >= 4 is 17.5 Å². The molecule has 0 spiro atoms. The van der Waals surface area contributed by atoms with Gasteiger partial charge in [-0.15, -0.1) is 0 Å². The van der Waals surface area contributed by atoms with Crippen LogP contribution in [-0.4, -0.2) is 47.0 Å². The first-order chi connectivity index (χ1) is 10.2. The van der Waals surface area contributed by atoms with E-state index in [0.29, 0.717) is 24.7 Å². The van der Waals surface area contributed by atoms with Crippen LogP contribution < -0.4 is 4.74 Å². The molecule has 22 heavy (non-hydrogen) atoms. The van der Waals surface area contributed by atoms with Crippen LogP contribution in [0.2, 0.25) is 5.02 Å². The summed E-state index contributed by atoms with van der Waals surface area (Å²) in [4.78, 5) is 12.7. The van der Waals surface area contributed by atoms with Crippen molar-refractivity contribution in [3.8, 4) is 5.75 Å². The van der Waals surface area contributed by atoms with Gasteiger partial charge in [-0.1, -0.05) is 32.4 Å². The van der Waals surface area contributed by atoms with E-state index in [0.717, 1.165) is 11.3 Å².